The quantitative estimate of drug-likeness (QED) is 0.768. The third-order valence-corrected chi connectivity index (χ3v) is 3.93. The van der Waals surface area contributed by atoms with Crippen LogP contribution in [0.5, 0.6) is 5.75 Å². The number of hydrogen-bond donors (Lipinski definition) is 1. The van der Waals surface area contributed by atoms with Crippen LogP contribution in [0.4, 0.5) is 13.2 Å². The number of para-hydroxylation sites is 1. The number of halogens is 4. The average molecular weight is 356 g/mol. The molecule has 1 aromatic carbocycles. The fraction of sp³-hybridized carbons (Fsp3) is 0.188. The highest BCUT2D eigenvalue weighted by molar-refractivity contribution is 6.33. The van der Waals surface area contributed by atoms with Crippen molar-refractivity contribution in [2.45, 2.75) is 12.7 Å². The molecule has 0 saturated heterocycles. The molecule has 0 radical (unpaired) electrons. The molecule has 126 valence electrons. The Morgan fingerprint density at radius 1 is 1.29 bits per heavy atom. The molecule has 0 aliphatic heterocycles. The molecule has 0 saturated carbocycles. The van der Waals surface area contributed by atoms with Gasteiger partial charge in [0.15, 0.2) is 5.65 Å². The lowest BCUT2D eigenvalue weighted by atomic mass is 10.1. The van der Waals surface area contributed by atoms with Gasteiger partial charge in [-0.3, -0.25) is 0 Å². The molecule has 3 aromatic rings. The van der Waals surface area contributed by atoms with E-state index >= 15 is 0 Å². The topological polar surface area (TPSA) is 52.5 Å². The lowest BCUT2D eigenvalue weighted by Gasteiger charge is -2.10. The summed E-state index contributed by atoms with van der Waals surface area (Å²) < 4.78 is 45.7. The molecule has 0 aliphatic carbocycles. The Balaban J connectivity index is 2.33. The number of ether oxygens (including phenoxy) is 1. The van der Waals surface area contributed by atoms with Crippen LogP contribution in [0.2, 0.25) is 5.02 Å². The zero-order valence-corrected chi connectivity index (χ0v) is 13.3. The van der Waals surface area contributed by atoms with Gasteiger partial charge in [0.25, 0.3) is 0 Å². The van der Waals surface area contributed by atoms with Crippen LogP contribution in [0, 0.1) is 0 Å². The van der Waals surface area contributed by atoms with E-state index in [4.69, 9.17) is 22.1 Å². The van der Waals surface area contributed by atoms with Crippen LogP contribution in [0.15, 0.2) is 36.5 Å². The fourth-order valence-electron chi connectivity index (χ4n) is 2.56. The molecule has 0 spiro atoms. The van der Waals surface area contributed by atoms with Crippen molar-refractivity contribution in [2.24, 2.45) is 5.73 Å². The van der Waals surface area contributed by atoms with E-state index in [1.54, 1.807) is 24.3 Å². The SMILES string of the molecule is COc1ccccc1-c1nc2c(Cl)cc(C(F)(F)F)cn2c1CN. The first-order valence-corrected chi connectivity index (χ1v) is 7.35. The maximum atomic E-state index is 13.0. The molecule has 0 aliphatic rings. The number of pyridine rings is 1. The van der Waals surface area contributed by atoms with E-state index in [0.717, 1.165) is 12.3 Å². The summed E-state index contributed by atoms with van der Waals surface area (Å²) >= 11 is 6.02. The summed E-state index contributed by atoms with van der Waals surface area (Å²) in [7, 11) is 1.51. The minimum absolute atomic E-state index is 0.00775. The minimum Gasteiger partial charge on any atom is -0.496 e. The number of nitrogens with two attached hydrogens (primary N) is 1. The number of benzene rings is 1. The maximum Gasteiger partial charge on any atom is 0.417 e. The van der Waals surface area contributed by atoms with Gasteiger partial charge in [0.2, 0.25) is 0 Å². The lowest BCUT2D eigenvalue weighted by molar-refractivity contribution is -0.137. The summed E-state index contributed by atoms with van der Waals surface area (Å²) in [6.45, 7) is -0.00775. The Hall–Kier alpha value is -2.25. The number of rotatable bonds is 3. The van der Waals surface area contributed by atoms with Crippen molar-refractivity contribution in [3.8, 4) is 17.0 Å². The van der Waals surface area contributed by atoms with Crippen LogP contribution in [0.3, 0.4) is 0 Å². The van der Waals surface area contributed by atoms with Crippen LogP contribution in [-0.2, 0) is 12.7 Å². The Kier molecular flexibility index (Phi) is 4.15. The Morgan fingerprint density at radius 3 is 2.62 bits per heavy atom. The van der Waals surface area contributed by atoms with Gasteiger partial charge in [-0.25, -0.2) is 4.98 Å². The van der Waals surface area contributed by atoms with E-state index in [9.17, 15) is 13.2 Å². The first-order valence-electron chi connectivity index (χ1n) is 6.98. The highest BCUT2D eigenvalue weighted by atomic mass is 35.5. The second-order valence-electron chi connectivity index (χ2n) is 5.08. The van der Waals surface area contributed by atoms with Gasteiger partial charge in [0.05, 0.1) is 29.1 Å². The van der Waals surface area contributed by atoms with Gasteiger partial charge in [0.1, 0.15) is 5.75 Å². The summed E-state index contributed by atoms with van der Waals surface area (Å²) in [6, 6.07) is 7.93. The summed E-state index contributed by atoms with van der Waals surface area (Å²) in [5, 5.41) is -0.0966. The van der Waals surface area contributed by atoms with E-state index in [2.05, 4.69) is 4.98 Å². The molecular formula is C16H13ClF3N3O. The Morgan fingerprint density at radius 2 is 2.00 bits per heavy atom. The van der Waals surface area contributed by atoms with E-state index in [-0.39, 0.29) is 17.2 Å². The second kappa shape index (κ2) is 5.99. The van der Waals surface area contributed by atoms with Crippen molar-refractivity contribution in [1.82, 2.24) is 9.38 Å². The number of aromatic nitrogens is 2. The van der Waals surface area contributed by atoms with Crippen molar-refractivity contribution in [1.29, 1.82) is 0 Å². The molecular weight excluding hydrogens is 343 g/mol. The summed E-state index contributed by atoms with van der Waals surface area (Å²) in [6.07, 6.45) is -3.56. The molecule has 3 rings (SSSR count). The van der Waals surface area contributed by atoms with Crippen molar-refractivity contribution >= 4 is 17.2 Å². The zero-order valence-electron chi connectivity index (χ0n) is 12.6. The molecule has 0 atom stereocenters. The fourth-order valence-corrected chi connectivity index (χ4v) is 2.81. The molecule has 0 amide bonds. The van der Waals surface area contributed by atoms with Crippen molar-refractivity contribution in [3.05, 3.63) is 52.8 Å². The number of alkyl halides is 3. The highest BCUT2D eigenvalue weighted by Crippen LogP contribution is 2.36. The van der Waals surface area contributed by atoms with Crippen molar-refractivity contribution in [3.63, 3.8) is 0 Å². The molecule has 2 aromatic heterocycles. The molecule has 4 nitrogen and oxygen atoms in total. The highest BCUT2D eigenvalue weighted by Gasteiger charge is 2.32. The number of nitrogens with zero attached hydrogens (tertiary/aromatic N) is 2. The number of fused-ring (bicyclic) bond motifs is 1. The largest absolute Gasteiger partial charge is 0.496 e. The van der Waals surface area contributed by atoms with Crippen LogP contribution < -0.4 is 10.5 Å². The van der Waals surface area contributed by atoms with Crippen molar-refractivity contribution < 1.29 is 17.9 Å². The number of hydrogen-bond acceptors (Lipinski definition) is 3. The van der Waals surface area contributed by atoms with Crippen LogP contribution in [-0.4, -0.2) is 16.5 Å². The maximum absolute atomic E-state index is 13.0. The van der Waals surface area contributed by atoms with Gasteiger partial charge >= 0.3 is 6.18 Å². The van der Waals surface area contributed by atoms with Gasteiger partial charge in [-0.05, 0) is 18.2 Å². The molecule has 0 unspecified atom stereocenters. The standard InChI is InChI=1S/C16H13ClF3N3O/c1-24-13-5-3-2-4-10(13)14-12(7-21)23-8-9(16(18,19)20)6-11(17)15(23)22-14/h2-6,8H,7,21H2,1H3. The van der Waals surface area contributed by atoms with Gasteiger partial charge in [0, 0.05) is 18.3 Å². The molecule has 24 heavy (non-hydrogen) atoms. The van der Waals surface area contributed by atoms with E-state index < -0.39 is 11.7 Å². The minimum atomic E-state index is -4.52. The summed E-state index contributed by atoms with van der Waals surface area (Å²) in [5.41, 5.74) is 6.62. The molecule has 8 heteroatoms. The Labute approximate surface area is 140 Å². The average Bonchev–Trinajstić information content (AvgIpc) is 2.93. The monoisotopic (exact) mass is 355 g/mol. The van der Waals surface area contributed by atoms with Crippen LogP contribution >= 0.6 is 11.6 Å². The molecule has 2 N–H and O–H groups in total. The van der Waals surface area contributed by atoms with Crippen molar-refractivity contribution in [2.75, 3.05) is 7.11 Å². The number of methoxy groups -OCH3 is 1. The predicted molar refractivity (Wildman–Crippen MR) is 85.1 cm³/mol. The van der Waals surface area contributed by atoms with E-state index in [0.29, 0.717) is 22.7 Å². The zero-order chi connectivity index (χ0) is 17.5. The third-order valence-electron chi connectivity index (χ3n) is 3.66. The molecule has 0 bridgehead atoms. The first kappa shape index (κ1) is 16.6. The normalized spacial score (nSPS) is 11.9. The number of imidazole rings is 1. The van der Waals surface area contributed by atoms with Crippen LogP contribution in [0.25, 0.3) is 16.9 Å². The van der Waals surface area contributed by atoms with Gasteiger partial charge in [-0.2, -0.15) is 13.2 Å². The van der Waals surface area contributed by atoms with E-state index in [1.807, 2.05) is 0 Å². The molecule has 0 fully saturated rings. The van der Waals surface area contributed by atoms with E-state index in [1.165, 1.54) is 11.5 Å². The van der Waals surface area contributed by atoms with Gasteiger partial charge in [-0.15, -0.1) is 0 Å². The smallest absolute Gasteiger partial charge is 0.417 e. The lowest BCUT2D eigenvalue weighted by Crippen LogP contribution is -2.09. The second-order valence-corrected chi connectivity index (χ2v) is 5.49. The summed E-state index contributed by atoms with van der Waals surface area (Å²) in [5.74, 6) is 0.544. The first-order chi connectivity index (χ1) is 11.4. The third kappa shape index (κ3) is 2.70. The van der Waals surface area contributed by atoms with Crippen LogP contribution in [0.1, 0.15) is 11.3 Å². The molecule has 2 heterocycles. The Bertz CT molecular complexity index is 905. The van der Waals surface area contributed by atoms with Gasteiger partial charge < -0.3 is 14.9 Å². The summed E-state index contributed by atoms with van der Waals surface area (Å²) in [4.78, 5) is 4.39. The van der Waals surface area contributed by atoms with Gasteiger partial charge in [-0.1, -0.05) is 23.7 Å². The predicted octanol–water partition coefficient (Wildman–Crippen LogP) is 4.14.